The van der Waals surface area contributed by atoms with E-state index in [2.05, 4.69) is 15.6 Å². The standard InChI is InChI=1S/C19H28N4O3/c24-18(23-11-1-2-12-23)21-13-15-3-5-17(6-4-15)26-19(25)22-14-16-7-9-20-10-8-16/h7-10,15,17H,1-6,11-14H2,(H,21,24)(H,22,25)/p+1. The van der Waals surface area contributed by atoms with Gasteiger partial charge in [-0.25, -0.2) is 14.6 Å². The molecule has 142 valence electrons. The highest BCUT2D eigenvalue weighted by molar-refractivity contribution is 5.74. The smallest absolute Gasteiger partial charge is 0.407 e. The lowest BCUT2D eigenvalue weighted by molar-refractivity contribution is -0.378. The molecule has 0 radical (unpaired) electrons. The molecule has 1 aliphatic heterocycles. The summed E-state index contributed by atoms with van der Waals surface area (Å²) in [6.07, 6.45) is 9.17. The first-order valence-electron chi connectivity index (χ1n) is 9.63. The molecule has 0 aromatic carbocycles. The summed E-state index contributed by atoms with van der Waals surface area (Å²) in [7, 11) is 0. The number of rotatable bonds is 5. The van der Waals surface area contributed by atoms with Crippen LogP contribution in [0.25, 0.3) is 0 Å². The van der Waals surface area contributed by atoms with Crippen LogP contribution in [0.2, 0.25) is 0 Å². The van der Waals surface area contributed by atoms with Crippen LogP contribution >= 0.6 is 0 Å². The topological polar surface area (TPSA) is 84.8 Å². The first-order chi connectivity index (χ1) is 12.7. The van der Waals surface area contributed by atoms with Gasteiger partial charge in [0, 0.05) is 38.3 Å². The van der Waals surface area contributed by atoms with Gasteiger partial charge < -0.3 is 20.3 Å². The molecule has 0 unspecified atom stereocenters. The van der Waals surface area contributed by atoms with Crippen LogP contribution in [0.15, 0.2) is 24.5 Å². The highest BCUT2D eigenvalue weighted by Gasteiger charge is 2.25. The highest BCUT2D eigenvalue weighted by Crippen LogP contribution is 2.26. The zero-order valence-corrected chi connectivity index (χ0v) is 15.2. The van der Waals surface area contributed by atoms with Gasteiger partial charge in [0.05, 0.1) is 0 Å². The lowest BCUT2D eigenvalue weighted by Gasteiger charge is -2.29. The molecule has 0 atom stereocenters. The molecule has 0 bridgehead atoms. The summed E-state index contributed by atoms with van der Waals surface area (Å²) in [5, 5.41) is 5.84. The van der Waals surface area contributed by atoms with Gasteiger partial charge in [0.2, 0.25) is 0 Å². The van der Waals surface area contributed by atoms with E-state index in [0.29, 0.717) is 12.5 Å². The number of pyridine rings is 1. The summed E-state index contributed by atoms with van der Waals surface area (Å²) in [6, 6.07) is 3.91. The van der Waals surface area contributed by atoms with E-state index >= 15 is 0 Å². The van der Waals surface area contributed by atoms with Gasteiger partial charge in [0.1, 0.15) is 6.10 Å². The number of aromatic amines is 1. The van der Waals surface area contributed by atoms with Crippen molar-refractivity contribution < 1.29 is 19.3 Å². The number of aromatic nitrogens is 1. The zero-order chi connectivity index (χ0) is 18.2. The van der Waals surface area contributed by atoms with Crippen LogP contribution < -0.4 is 15.6 Å². The Bertz CT molecular complexity index is 582. The second kappa shape index (κ2) is 9.40. The molecule has 2 aliphatic rings. The summed E-state index contributed by atoms with van der Waals surface area (Å²) in [5.74, 6) is 0.477. The van der Waals surface area contributed by atoms with E-state index in [4.69, 9.17) is 4.74 Å². The van der Waals surface area contributed by atoms with E-state index < -0.39 is 0 Å². The van der Waals surface area contributed by atoms with Crippen LogP contribution in [0.5, 0.6) is 0 Å². The molecule has 26 heavy (non-hydrogen) atoms. The molecule has 1 aromatic heterocycles. The van der Waals surface area contributed by atoms with Crippen molar-refractivity contribution in [3.63, 3.8) is 0 Å². The Morgan fingerprint density at radius 2 is 1.77 bits per heavy atom. The third-order valence-corrected chi connectivity index (χ3v) is 5.23. The molecular weight excluding hydrogens is 332 g/mol. The Morgan fingerprint density at radius 3 is 2.46 bits per heavy atom. The van der Waals surface area contributed by atoms with E-state index in [1.54, 1.807) is 0 Å². The van der Waals surface area contributed by atoms with Gasteiger partial charge in [-0.15, -0.1) is 0 Å². The monoisotopic (exact) mass is 361 g/mol. The van der Waals surface area contributed by atoms with Gasteiger partial charge in [-0.05, 0) is 50.0 Å². The number of carbonyl (C=O) groups is 2. The van der Waals surface area contributed by atoms with E-state index in [0.717, 1.165) is 63.7 Å². The molecule has 7 nitrogen and oxygen atoms in total. The molecule has 1 saturated heterocycles. The van der Waals surface area contributed by atoms with Crippen molar-refractivity contribution in [1.29, 1.82) is 0 Å². The van der Waals surface area contributed by atoms with Gasteiger partial charge in [0.15, 0.2) is 12.4 Å². The molecular formula is C19H29N4O3+. The third-order valence-electron chi connectivity index (χ3n) is 5.23. The molecule has 1 aliphatic carbocycles. The van der Waals surface area contributed by atoms with Crippen molar-refractivity contribution in [1.82, 2.24) is 15.5 Å². The Hall–Kier alpha value is -2.31. The molecule has 1 saturated carbocycles. The van der Waals surface area contributed by atoms with Gasteiger partial charge >= 0.3 is 12.1 Å². The number of carbonyl (C=O) groups excluding carboxylic acids is 2. The predicted molar refractivity (Wildman–Crippen MR) is 96.3 cm³/mol. The molecule has 1 aromatic rings. The first-order valence-corrected chi connectivity index (χ1v) is 9.63. The average Bonchev–Trinajstić information content (AvgIpc) is 3.21. The summed E-state index contributed by atoms with van der Waals surface area (Å²) in [6.45, 7) is 2.94. The lowest BCUT2D eigenvalue weighted by Crippen LogP contribution is -2.41. The van der Waals surface area contributed by atoms with Gasteiger partial charge in [-0.2, -0.15) is 0 Å². The highest BCUT2D eigenvalue weighted by atomic mass is 16.6. The second-order valence-electron chi connectivity index (χ2n) is 7.19. The summed E-state index contributed by atoms with van der Waals surface area (Å²) < 4.78 is 5.51. The minimum Gasteiger partial charge on any atom is -0.446 e. The summed E-state index contributed by atoms with van der Waals surface area (Å²) in [5.41, 5.74) is 1.03. The number of amides is 3. The van der Waals surface area contributed by atoms with Crippen molar-refractivity contribution in [3.05, 3.63) is 30.1 Å². The predicted octanol–water partition coefficient (Wildman–Crippen LogP) is 2.09. The van der Waals surface area contributed by atoms with E-state index in [-0.39, 0.29) is 18.2 Å². The molecule has 3 amide bonds. The number of ether oxygens (including phenoxy) is 1. The van der Waals surface area contributed by atoms with Crippen LogP contribution in [0.3, 0.4) is 0 Å². The van der Waals surface area contributed by atoms with Gasteiger partial charge in [-0.3, -0.25) is 0 Å². The minimum absolute atomic E-state index is 0.0235. The van der Waals surface area contributed by atoms with E-state index in [1.165, 1.54) is 0 Å². The Balaban J connectivity index is 1.29. The number of alkyl carbamates (subject to hydrolysis) is 1. The van der Waals surface area contributed by atoms with Crippen LogP contribution in [0.1, 0.15) is 44.1 Å². The van der Waals surface area contributed by atoms with Crippen molar-refractivity contribution in [2.75, 3.05) is 19.6 Å². The summed E-state index contributed by atoms with van der Waals surface area (Å²) in [4.78, 5) is 28.8. The van der Waals surface area contributed by atoms with Crippen LogP contribution in [-0.2, 0) is 11.3 Å². The summed E-state index contributed by atoms with van der Waals surface area (Å²) >= 11 is 0. The van der Waals surface area contributed by atoms with Crippen molar-refractivity contribution in [3.8, 4) is 0 Å². The maximum atomic E-state index is 12.0. The minimum atomic E-state index is -0.358. The third kappa shape index (κ3) is 5.61. The number of hydrogen-bond donors (Lipinski definition) is 2. The maximum Gasteiger partial charge on any atom is 0.407 e. The number of urea groups is 1. The molecule has 2 heterocycles. The van der Waals surface area contributed by atoms with Crippen molar-refractivity contribution in [2.45, 2.75) is 51.2 Å². The fourth-order valence-electron chi connectivity index (χ4n) is 3.62. The number of likely N-dealkylation sites (tertiary alicyclic amines) is 1. The fourth-order valence-corrected chi connectivity index (χ4v) is 3.62. The Kier molecular flexibility index (Phi) is 6.68. The number of H-pyrrole nitrogens is 1. The molecule has 2 fully saturated rings. The van der Waals surface area contributed by atoms with Crippen LogP contribution in [-0.4, -0.2) is 42.8 Å². The van der Waals surface area contributed by atoms with Crippen molar-refractivity contribution in [2.24, 2.45) is 5.92 Å². The van der Waals surface area contributed by atoms with Crippen LogP contribution in [0, 0.1) is 5.92 Å². The van der Waals surface area contributed by atoms with Gasteiger partial charge in [0.25, 0.3) is 0 Å². The lowest BCUT2D eigenvalue weighted by atomic mass is 9.87. The normalized spacial score (nSPS) is 22.7. The molecule has 3 rings (SSSR count). The molecule has 7 heteroatoms. The zero-order valence-electron chi connectivity index (χ0n) is 15.2. The van der Waals surface area contributed by atoms with Crippen LogP contribution in [0.4, 0.5) is 9.59 Å². The van der Waals surface area contributed by atoms with Crippen molar-refractivity contribution >= 4 is 12.1 Å². The number of nitrogens with one attached hydrogen (secondary N) is 3. The Morgan fingerprint density at radius 1 is 1.08 bits per heavy atom. The first kappa shape index (κ1) is 18.5. The molecule has 0 spiro atoms. The largest absolute Gasteiger partial charge is 0.446 e. The number of hydrogen-bond acceptors (Lipinski definition) is 3. The average molecular weight is 361 g/mol. The fraction of sp³-hybridized carbons (Fsp3) is 0.632. The second-order valence-corrected chi connectivity index (χ2v) is 7.19. The van der Waals surface area contributed by atoms with E-state index in [1.807, 2.05) is 29.4 Å². The van der Waals surface area contributed by atoms with E-state index in [9.17, 15) is 9.59 Å². The Labute approximate surface area is 154 Å². The quantitative estimate of drug-likeness (QED) is 0.842. The SMILES string of the molecule is O=C(NCc1cc[nH+]cc1)OC1CCC(CNC(=O)N2CCCC2)CC1. The molecule has 3 N–H and O–H groups in total. The number of nitrogens with zero attached hydrogens (tertiary/aromatic N) is 1. The maximum absolute atomic E-state index is 12.0. The van der Waals surface area contributed by atoms with Gasteiger partial charge in [-0.1, -0.05) is 0 Å².